The summed E-state index contributed by atoms with van der Waals surface area (Å²) in [6.07, 6.45) is 1.11. The molecule has 0 spiro atoms. The summed E-state index contributed by atoms with van der Waals surface area (Å²) in [4.78, 5) is 2.11. The highest BCUT2D eigenvalue weighted by atomic mass is 32.1. The molecular formula is C22H29NO3S2. The third-order valence-corrected chi connectivity index (χ3v) is 6.25. The predicted octanol–water partition coefficient (Wildman–Crippen LogP) is 4.65. The Bertz CT molecular complexity index is 795. The Hall–Kier alpha value is -1.66. The molecule has 0 bridgehead atoms. The minimum atomic E-state index is 0.0664. The fourth-order valence-corrected chi connectivity index (χ4v) is 3.64. The zero-order chi connectivity index (χ0) is 20.3. The Labute approximate surface area is 179 Å². The van der Waals surface area contributed by atoms with E-state index >= 15 is 0 Å². The van der Waals surface area contributed by atoms with Gasteiger partial charge in [0.2, 0.25) is 0 Å². The van der Waals surface area contributed by atoms with Gasteiger partial charge in [-0.1, -0.05) is 12.1 Å². The van der Waals surface area contributed by atoms with Gasteiger partial charge in [0.1, 0.15) is 12.4 Å². The quantitative estimate of drug-likeness (QED) is 0.580. The second-order valence-corrected chi connectivity index (χ2v) is 8.42. The van der Waals surface area contributed by atoms with Crippen LogP contribution in [0.2, 0.25) is 0 Å². The maximum atomic E-state index is 5.89. The highest BCUT2D eigenvalue weighted by Gasteiger charge is 2.41. The molecule has 28 heavy (non-hydrogen) atoms. The molecule has 0 heterocycles. The van der Waals surface area contributed by atoms with Gasteiger partial charge in [0.15, 0.2) is 11.5 Å². The van der Waals surface area contributed by atoms with E-state index in [1.807, 2.05) is 6.07 Å². The van der Waals surface area contributed by atoms with Crippen LogP contribution in [0.4, 0.5) is 5.69 Å². The fourth-order valence-electron chi connectivity index (χ4n) is 3.46. The van der Waals surface area contributed by atoms with Gasteiger partial charge in [0, 0.05) is 42.4 Å². The van der Waals surface area contributed by atoms with E-state index in [1.54, 1.807) is 14.2 Å². The summed E-state index contributed by atoms with van der Waals surface area (Å²) >= 11 is 8.68. The van der Waals surface area contributed by atoms with Gasteiger partial charge in [-0.3, -0.25) is 0 Å². The molecule has 1 fully saturated rings. The van der Waals surface area contributed by atoms with Crippen molar-refractivity contribution in [3.05, 3.63) is 47.5 Å². The monoisotopic (exact) mass is 419 g/mol. The van der Waals surface area contributed by atoms with Gasteiger partial charge < -0.3 is 19.1 Å². The number of anilines is 1. The van der Waals surface area contributed by atoms with Gasteiger partial charge in [-0.2, -0.15) is 25.3 Å². The van der Waals surface area contributed by atoms with E-state index in [4.69, 9.17) is 14.2 Å². The van der Waals surface area contributed by atoms with Crippen LogP contribution in [0, 0.1) is 0 Å². The molecule has 0 radical (unpaired) electrons. The van der Waals surface area contributed by atoms with Gasteiger partial charge in [0.25, 0.3) is 0 Å². The van der Waals surface area contributed by atoms with Crippen molar-refractivity contribution in [2.24, 2.45) is 0 Å². The van der Waals surface area contributed by atoms with E-state index in [-0.39, 0.29) is 5.25 Å². The average Bonchev–Trinajstić information content (AvgIpc) is 3.51. The van der Waals surface area contributed by atoms with Gasteiger partial charge in [-0.15, -0.1) is 0 Å². The minimum absolute atomic E-state index is 0.0664. The number of ether oxygens (including phenoxy) is 3. The molecule has 0 saturated heterocycles. The third kappa shape index (κ3) is 4.66. The molecule has 2 aromatic carbocycles. The maximum absolute atomic E-state index is 5.89. The predicted molar refractivity (Wildman–Crippen MR) is 123 cm³/mol. The fraction of sp³-hybridized carbons (Fsp3) is 0.455. The normalized spacial score (nSPS) is 19.1. The van der Waals surface area contributed by atoms with E-state index in [2.05, 4.69) is 74.6 Å². The van der Waals surface area contributed by atoms with Crippen molar-refractivity contribution < 1.29 is 14.2 Å². The Morgan fingerprint density at radius 1 is 1.00 bits per heavy atom. The van der Waals surface area contributed by atoms with Crippen molar-refractivity contribution >= 4 is 30.9 Å². The van der Waals surface area contributed by atoms with Crippen LogP contribution in [0.15, 0.2) is 36.4 Å². The summed E-state index contributed by atoms with van der Waals surface area (Å²) in [5.74, 6) is 3.83. The van der Waals surface area contributed by atoms with Gasteiger partial charge in [-0.25, -0.2) is 0 Å². The summed E-state index contributed by atoms with van der Waals surface area (Å²) in [6, 6.07) is 12.8. The van der Waals surface area contributed by atoms with E-state index in [0.717, 1.165) is 17.9 Å². The lowest BCUT2D eigenvalue weighted by Gasteiger charge is -2.17. The lowest BCUT2D eigenvalue weighted by Crippen LogP contribution is -2.13. The zero-order valence-corrected chi connectivity index (χ0v) is 18.7. The van der Waals surface area contributed by atoms with Crippen LogP contribution in [0.1, 0.15) is 29.4 Å². The lowest BCUT2D eigenvalue weighted by molar-refractivity contribution is 0.296. The number of hydrogen-bond acceptors (Lipinski definition) is 6. The topological polar surface area (TPSA) is 30.9 Å². The smallest absolute Gasteiger partial charge is 0.164 e. The molecule has 6 heteroatoms. The summed E-state index contributed by atoms with van der Waals surface area (Å²) < 4.78 is 17.2. The average molecular weight is 420 g/mol. The molecule has 1 saturated carbocycles. The molecule has 3 atom stereocenters. The molecule has 4 nitrogen and oxygen atoms in total. The van der Waals surface area contributed by atoms with E-state index in [0.29, 0.717) is 29.9 Å². The summed E-state index contributed by atoms with van der Waals surface area (Å²) in [6.45, 7) is 0.468. The molecule has 1 aliphatic carbocycles. The van der Waals surface area contributed by atoms with Crippen LogP contribution in [-0.2, 0) is 0 Å². The number of hydrogen-bond donors (Lipinski definition) is 2. The summed E-state index contributed by atoms with van der Waals surface area (Å²) in [7, 11) is 7.48. The molecule has 0 aliphatic heterocycles. The Morgan fingerprint density at radius 2 is 1.68 bits per heavy atom. The van der Waals surface area contributed by atoms with Gasteiger partial charge in [0.05, 0.1) is 14.2 Å². The van der Waals surface area contributed by atoms with Crippen molar-refractivity contribution in [2.75, 3.05) is 45.6 Å². The largest absolute Gasteiger partial charge is 0.496 e. The van der Waals surface area contributed by atoms with Crippen molar-refractivity contribution in [1.82, 2.24) is 0 Å². The first-order chi connectivity index (χ1) is 13.5. The Balaban J connectivity index is 1.80. The number of rotatable bonds is 9. The first-order valence-electron chi connectivity index (χ1n) is 9.43. The number of thiol groups is 2. The SMILES string of the molecule is COc1cc(C2CC2c2ccc(N(C)C)cc2)c(OC)cc1OCC(S)CS. The number of nitrogens with zero attached hydrogens (tertiary/aromatic N) is 1. The second-order valence-electron chi connectivity index (χ2n) is 7.33. The maximum Gasteiger partial charge on any atom is 0.164 e. The standard InChI is InChI=1S/C22H29NO3S2/c1-23(2)15-7-5-14(6-8-15)17-9-18(17)19-10-21(25-4)22(11-20(19)24-3)26-12-16(28)13-27/h5-8,10-11,16-18,27-28H,9,12-13H2,1-4H3. The zero-order valence-electron chi connectivity index (χ0n) is 16.9. The molecule has 152 valence electrons. The van der Waals surface area contributed by atoms with Crippen LogP contribution < -0.4 is 19.1 Å². The number of methoxy groups -OCH3 is 2. The first-order valence-corrected chi connectivity index (χ1v) is 10.6. The Morgan fingerprint density at radius 3 is 2.25 bits per heavy atom. The summed E-state index contributed by atoms with van der Waals surface area (Å²) in [5.41, 5.74) is 3.75. The van der Waals surface area contributed by atoms with Crippen LogP contribution in [0.5, 0.6) is 17.2 Å². The minimum Gasteiger partial charge on any atom is -0.496 e. The van der Waals surface area contributed by atoms with Crippen LogP contribution in [0.25, 0.3) is 0 Å². The van der Waals surface area contributed by atoms with E-state index in [9.17, 15) is 0 Å². The Kier molecular flexibility index (Phi) is 6.94. The van der Waals surface area contributed by atoms with Crippen molar-refractivity contribution in [1.29, 1.82) is 0 Å². The van der Waals surface area contributed by atoms with Crippen molar-refractivity contribution in [3.63, 3.8) is 0 Å². The summed E-state index contributed by atoms with van der Waals surface area (Å²) in [5, 5.41) is 0.0664. The number of benzene rings is 2. The molecule has 0 amide bonds. The molecule has 3 unspecified atom stereocenters. The van der Waals surface area contributed by atoms with Crippen LogP contribution in [0.3, 0.4) is 0 Å². The highest BCUT2D eigenvalue weighted by Crippen LogP contribution is 2.58. The first kappa shape index (κ1) is 21.1. The second kappa shape index (κ2) is 9.23. The van der Waals surface area contributed by atoms with E-state index in [1.165, 1.54) is 16.8 Å². The highest BCUT2D eigenvalue weighted by molar-refractivity contribution is 7.84. The molecular weight excluding hydrogens is 390 g/mol. The lowest BCUT2D eigenvalue weighted by atomic mass is 10.0. The molecule has 0 aromatic heterocycles. The van der Waals surface area contributed by atoms with E-state index < -0.39 is 0 Å². The molecule has 2 aromatic rings. The van der Waals surface area contributed by atoms with Crippen LogP contribution >= 0.6 is 25.3 Å². The van der Waals surface area contributed by atoms with Gasteiger partial charge >= 0.3 is 0 Å². The van der Waals surface area contributed by atoms with Crippen molar-refractivity contribution in [2.45, 2.75) is 23.5 Å². The van der Waals surface area contributed by atoms with Crippen LogP contribution in [-0.4, -0.2) is 45.9 Å². The molecule has 1 aliphatic rings. The van der Waals surface area contributed by atoms with Gasteiger partial charge in [-0.05, 0) is 42.0 Å². The van der Waals surface area contributed by atoms with Crippen molar-refractivity contribution in [3.8, 4) is 17.2 Å². The molecule has 3 rings (SSSR count). The molecule has 0 N–H and O–H groups in total. The third-order valence-electron chi connectivity index (χ3n) is 5.19.